The van der Waals surface area contributed by atoms with E-state index in [1.54, 1.807) is 7.11 Å². The van der Waals surface area contributed by atoms with Crippen molar-refractivity contribution in [2.45, 2.75) is 31.7 Å². The smallest absolute Gasteiger partial charge is 0.172 e. The summed E-state index contributed by atoms with van der Waals surface area (Å²) in [6.07, 6.45) is 5.07. The van der Waals surface area contributed by atoms with Crippen LogP contribution in [0.25, 0.3) is 0 Å². The third-order valence-electron chi connectivity index (χ3n) is 4.04. The summed E-state index contributed by atoms with van der Waals surface area (Å²) >= 11 is 0. The van der Waals surface area contributed by atoms with Gasteiger partial charge in [0.2, 0.25) is 0 Å². The fraction of sp³-hybridized carbons (Fsp3) is 0.533. The van der Waals surface area contributed by atoms with Crippen molar-refractivity contribution in [1.82, 2.24) is 0 Å². The molecule has 0 unspecified atom stereocenters. The van der Waals surface area contributed by atoms with Crippen molar-refractivity contribution < 1.29 is 9.94 Å². The van der Waals surface area contributed by atoms with Crippen molar-refractivity contribution in [3.63, 3.8) is 0 Å². The van der Waals surface area contributed by atoms with Gasteiger partial charge in [0, 0.05) is 24.2 Å². The summed E-state index contributed by atoms with van der Waals surface area (Å²) in [4.78, 5) is 2.41. The molecule has 1 aromatic carbocycles. The second-order valence-corrected chi connectivity index (χ2v) is 5.70. The predicted molar refractivity (Wildman–Crippen MR) is 78.6 cm³/mol. The van der Waals surface area contributed by atoms with Gasteiger partial charge in [-0.3, -0.25) is 0 Å². The average molecular weight is 275 g/mol. The molecule has 0 spiro atoms. The molecule has 2 aliphatic carbocycles. The van der Waals surface area contributed by atoms with Crippen molar-refractivity contribution in [3.8, 4) is 5.75 Å². The van der Waals surface area contributed by atoms with E-state index in [0.717, 1.165) is 29.5 Å². The van der Waals surface area contributed by atoms with Crippen LogP contribution in [0.1, 0.15) is 31.2 Å². The van der Waals surface area contributed by atoms with E-state index < -0.39 is 0 Å². The van der Waals surface area contributed by atoms with Crippen LogP contribution in [0.3, 0.4) is 0 Å². The van der Waals surface area contributed by atoms with E-state index in [9.17, 15) is 0 Å². The van der Waals surface area contributed by atoms with Crippen molar-refractivity contribution in [1.29, 1.82) is 0 Å². The first-order chi connectivity index (χ1) is 9.72. The summed E-state index contributed by atoms with van der Waals surface area (Å²) < 4.78 is 5.32. The fourth-order valence-corrected chi connectivity index (χ4v) is 2.56. The molecule has 20 heavy (non-hydrogen) atoms. The van der Waals surface area contributed by atoms with Crippen LogP contribution < -0.4 is 15.4 Å². The zero-order chi connectivity index (χ0) is 14.1. The van der Waals surface area contributed by atoms with E-state index in [1.165, 1.54) is 25.7 Å². The van der Waals surface area contributed by atoms with Gasteiger partial charge in [-0.25, -0.2) is 0 Å². The fourth-order valence-electron chi connectivity index (χ4n) is 2.56. The topological polar surface area (TPSA) is 71.1 Å². The SMILES string of the molecule is COc1ccc(/C(N)=N/O)c(N(CC2CC2)C2CC2)c1. The van der Waals surface area contributed by atoms with Gasteiger partial charge in [-0.1, -0.05) is 5.16 Å². The molecule has 2 fully saturated rings. The summed E-state index contributed by atoms with van der Waals surface area (Å²) in [5.41, 5.74) is 7.62. The highest BCUT2D eigenvalue weighted by atomic mass is 16.5. The lowest BCUT2D eigenvalue weighted by Crippen LogP contribution is -2.30. The molecule has 0 aromatic heterocycles. The lowest BCUT2D eigenvalue weighted by Gasteiger charge is -2.27. The van der Waals surface area contributed by atoms with E-state index in [1.807, 2.05) is 18.2 Å². The van der Waals surface area contributed by atoms with Crippen LogP contribution in [0, 0.1) is 5.92 Å². The Morgan fingerprint density at radius 3 is 2.70 bits per heavy atom. The molecule has 5 heteroatoms. The summed E-state index contributed by atoms with van der Waals surface area (Å²) in [5.74, 6) is 1.75. The Hall–Kier alpha value is -1.91. The first-order valence-corrected chi connectivity index (χ1v) is 7.15. The Kier molecular flexibility index (Phi) is 3.42. The number of benzene rings is 1. The summed E-state index contributed by atoms with van der Waals surface area (Å²) in [7, 11) is 1.66. The molecule has 2 aliphatic rings. The Morgan fingerprint density at radius 1 is 1.40 bits per heavy atom. The van der Waals surface area contributed by atoms with E-state index in [4.69, 9.17) is 15.7 Å². The number of ether oxygens (including phenoxy) is 1. The monoisotopic (exact) mass is 275 g/mol. The van der Waals surface area contributed by atoms with Crippen molar-refractivity contribution in [2.75, 3.05) is 18.6 Å². The quantitative estimate of drug-likeness (QED) is 0.361. The second kappa shape index (κ2) is 5.23. The molecule has 1 aromatic rings. The highest BCUT2D eigenvalue weighted by Crippen LogP contribution is 2.39. The highest BCUT2D eigenvalue weighted by Gasteiger charge is 2.35. The number of hydrogen-bond donors (Lipinski definition) is 2. The molecule has 2 saturated carbocycles. The third kappa shape index (κ3) is 2.66. The number of nitrogens with zero attached hydrogens (tertiary/aromatic N) is 2. The summed E-state index contributed by atoms with van der Waals surface area (Å²) in [6.45, 7) is 1.06. The van der Waals surface area contributed by atoms with Gasteiger partial charge in [0.05, 0.1) is 12.8 Å². The zero-order valence-corrected chi connectivity index (χ0v) is 11.7. The third-order valence-corrected chi connectivity index (χ3v) is 4.04. The molecule has 0 radical (unpaired) electrons. The van der Waals surface area contributed by atoms with Gasteiger partial charge in [0.1, 0.15) is 5.75 Å². The second-order valence-electron chi connectivity index (χ2n) is 5.70. The number of hydrogen-bond acceptors (Lipinski definition) is 4. The summed E-state index contributed by atoms with van der Waals surface area (Å²) in [5, 5.41) is 12.1. The lowest BCUT2D eigenvalue weighted by atomic mass is 10.1. The predicted octanol–water partition coefficient (Wildman–Crippen LogP) is 2.17. The molecule has 3 rings (SSSR count). The number of oxime groups is 1. The van der Waals surface area contributed by atoms with E-state index in [2.05, 4.69) is 10.1 Å². The highest BCUT2D eigenvalue weighted by molar-refractivity contribution is 6.02. The Bertz CT molecular complexity index is 522. The number of rotatable bonds is 6. The number of nitrogens with two attached hydrogens (primary N) is 1. The van der Waals surface area contributed by atoms with E-state index >= 15 is 0 Å². The van der Waals surface area contributed by atoms with Crippen LogP contribution in [0.2, 0.25) is 0 Å². The van der Waals surface area contributed by atoms with Crippen LogP contribution >= 0.6 is 0 Å². The molecule has 0 atom stereocenters. The van der Waals surface area contributed by atoms with Crippen LogP contribution in [0.5, 0.6) is 5.75 Å². The minimum Gasteiger partial charge on any atom is -0.497 e. The number of anilines is 1. The number of methoxy groups -OCH3 is 1. The minimum absolute atomic E-state index is 0.157. The van der Waals surface area contributed by atoms with Gasteiger partial charge in [-0.2, -0.15) is 0 Å². The molecule has 0 saturated heterocycles. The van der Waals surface area contributed by atoms with Gasteiger partial charge >= 0.3 is 0 Å². The van der Waals surface area contributed by atoms with Crippen LogP contribution in [-0.4, -0.2) is 30.7 Å². The Morgan fingerprint density at radius 2 is 2.15 bits per heavy atom. The standard InChI is InChI=1S/C15H21N3O2/c1-20-12-6-7-13(15(16)17-19)14(8-12)18(11-4-5-11)9-10-2-3-10/h6-8,10-11,19H,2-5,9H2,1H3,(H2,16,17). The van der Waals surface area contributed by atoms with Crippen molar-refractivity contribution in [2.24, 2.45) is 16.8 Å². The maximum Gasteiger partial charge on any atom is 0.172 e. The molecule has 0 aliphatic heterocycles. The maximum atomic E-state index is 8.98. The van der Waals surface area contributed by atoms with Crippen LogP contribution in [-0.2, 0) is 0 Å². The largest absolute Gasteiger partial charge is 0.497 e. The van der Waals surface area contributed by atoms with Gasteiger partial charge in [0.25, 0.3) is 0 Å². The molecule has 3 N–H and O–H groups in total. The van der Waals surface area contributed by atoms with Gasteiger partial charge in [-0.05, 0) is 43.7 Å². The maximum absolute atomic E-state index is 8.98. The van der Waals surface area contributed by atoms with Gasteiger partial charge in [-0.15, -0.1) is 0 Å². The van der Waals surface area contributed by atoms with Gasteiger partial charge in [0.15, 0.2) is 5.84 Å². The van der Waals surface area contributed by atoms with E-state index in [-0.39, 0.29) is 5.84 Å². The van der Waals surface area contributed by atoms with Gasteiger partial charge < -0.3 is 20.6 Å². The normalized spacial score (nSPS) is 18.9. The minimum atomic E-state index is 0.157. The molecular weight excluding hydrogens is 254 g/mol. The molecule has 0 heterocycles. The first kappa shape index (κ1) is 13.1. The van der Waals surface area contributed by atoms with Crippen molar-refractivity contribution >= 4 is 11.5 Å². The average Bonchev–Trinajstić information content (AvgIpc) is 3.36. The van der Waals surface area contributed by atoms with E-state index in [0.29, 0.717) is 6.04 Å². The molecular formula is C15H21N3O2. The molecule has 0 bridgehead atoms. The Balaban J connectivity index is 1.98. The van der Waals surface area contributed by atoms with Crippen molar-refractivity contribution in [3.05, 3.63) is 23.8 Å². The lowest BCUT2D eigenvalue weighted by molar-refractivity contribution is 0.318. The molecule has 5 nitrogen and oxygen atoms in total. The Labute approximate surface area is 119 Å². The number of amidine groups is 1. The molecule has 0 amide bonds. The van der Waals surface area contributed by atoms with Crippen LogP contribution in [0.4, 0.5) is 5.69 Å². The summed E-state index contributed by atoms with van der Waals surface area (Å²) in [6, 6.07) is 6.30. The first-order valence-electron chi connectivity index (χ1n) is 7.15. The molecule has 108 valence electrons. The van der Waals surface area contributed by atoms with Crippen LogP contribution in [0.15, 0.2) is 23.4 Å². The zero-order valence-electron chi connectivity index (χ0n) is 11.7.